The van der Waals surface area contributed by atoms with Crippen LogP contribution in [0.2, 0.25) is 0 Å². The molecule has 7 nitrogen and oxygen atoms in total. The van der Waals surface area contributed by atoms with Crippen LogP contribution in [0.3, 0.4) is 0 Å². The standard InChI is InChI=1S/C11H12N6OS2/c1-5(2)17-10(18)15-16-11(17)20-8-6-3-4-19-7(6)13-9(12)14-8/h3-5H,1-2H3,(H,15,18)(H2,12,13,14). The highest BCUT2D eigenvalue weighted by atomic mass is 32.2. The van der Waals surface area contributed by atoms with Crippen molar-refractivity contribution < 1.29 is 0 Å². The Balaban J connectivity index is 2.10. The van der Waals surface area contributed by atoms with Crippen LogP contribution in [-0.2, 0) is 0 Å². The smallest absolute Gasteiger partial charge is 0.344 e. The number of rotatable bonds is 3. The zero-order valence-corrected chi connectivity index (χ0v) is 12.5. The van der Waals surface area contributed by atoms with Crippen LogP contribution in [-0.4, -0.2) is 24.7 Å². The molecule has 3 aromatic rings. The average Bonchev–Trinajstić information content (AvgIpc) is 2.95. The van der Waals surface area contributed by atoms with Crippen molar-refractivity contribution in [3.8, 4) is 0 Å². The SMILES string of the molecule is CC(C)n1c(Sc2nc(N)nc3sccc23)n[nH]c1=O. The molecule has 0 atom stereocenters. The number of nitrogens with one attached hydrogen (secondary N) is 1. The van der Waals surface area contributed by atoms with Crippen LogP contribution in [0.4, 0.5) is 5.95 Å². The first-order valence-electron chi connectivity index (χ1n) is 5.91. The number of fused-ring (bicyclic) bond motifs is 1. The number of aromatic nitrogens is 5. The lowest BCUT2D eigenvalue weighted by atomic mass is 10.4. The molecule has 3 heterocycles. The van der Waals surface area contributed by atoms with Crippen molar-refractivity contribution >= 4 is 39.3 Å². The van der Waals surface area contributed by atoms with Gasteiger partial charge in [-0.1, -0.05) is 0 Å². The van der Waals surface area contributed by atoms with E-state index in [-0.39, 0.29) is 17.7 Å². The Morgan fingerprint density at radius 3 is 3.00 bits per heavy atom. The van der Waals surface area contributed by atoms with Crippen molar-refractivity contribution in [2.24, 2.45) is 0 Å². The average molecular weight is 308 g/mol. The van der Waals surface area contributed by atoms with E-state index in [9.17, 15) is 4.79 Å². The first-order chi connectivity index (χ1) is 9.56. The van der Waals surface area contributed by atoms with Crippen LogP contribution in [0.25, 0.3) is 10.2 Å². The van der Waals surface area contributed by atoms with Crippen LogP contribution >= 0.6 is 23.1 Å². The fourth-order valence-electron chi connectivity index (χ4n) is 1.83. The number of hydrogen-bond acceptors (Lipinski definition) is 7. The number of hydrogen-bond donors (Lipinski definition) is 2. The molecule has 0 radical (unpaired) electrons. The number of thiophene rings is 1. The lowest BCUT2D eigenvalue weighted by Gasteiger charge is -2.08. The summed E-state index contributed by atoms with van der Waals surface area (Å²) >= 11 is 2.81. The van der Waals surface area contributed by atoms with Gasteiger partial charge >= 0.3 is 5.69 Å². The maximum atomic E-state index is 11.7. The van der Waals surface area contributed by atoms with Crippen LogP contribution in [0.5, 0.6) is 0 Å². The van der Waals surface area contributed by atoms with Gasteiger partial charge in [0, 0.05) is 11.4 Å². The molecule has 0 amide bonds. The molecular weight excluding hydrogens is 296 g/mol. The quantitative estimate of drug-likeness (QED) is 0.716. The minimum atomic E-state index is -0.230. The number of aromatic amines is 1. The zero-order valence-electron chi connectivity index (χ0n) is 10.8. The first kappa shape index (κ1) is 13.1. The molecule has 3 aromatic heterocycles. The van der Waals surface area contributed by atoms with Gasteiger partial charge in [0.2, 0.25) is 5.95 Å². The Kier molecular flexibility index (Phi) is 3.22. The Labute approximate surface area is 122 Å². The van der Waals surface area contributed by atoms with E-state index < -0.39 is 0 Å². The Bertz CT molecular complexity index is 818. The van der Waals surface area contributed by atoms with Gasteiger partial charge in [-0.25, -0.2) is 19.9 Å². The second-order valence-corrected chi connectivity index (χ2v) is 6.25. The highest BCUT2D eigenvalue weighted by Crippen LogP contribution is 2.33. The largest absolute Gasteiger partial charge is 0.368 e. The van der Waals surface area contributed by atoms with Gasteiger partial charge < -0.3 is 5.73 Å². The van der Waals surface area contributed by atoms with Crippen LogP contribution in [0.1, 0.15) is 19.9 Å². The predicted molar refractivity (Wildman–Crippen MR) is 79.2 cm³/mol. The van der Waals surface area contributed by atoms with Gasteiger partial charge in [0.15, 0.2) is 5.16 Å². The van der Waals surface area contributed by atoms with Gasteiger partial charge in [0.05, 0.1) is 0 Å². The Hall–Kier alpha value is -1.87. The van der Waals surface area contributed by atoms with Gasteiger partial charge in [-0.05, 0) is 37.1 Å². The molecule has 9 heteroatoms. The van der Waals surface area contributed by atoms with Crippen molar-refractivity contribution in [3.05, 3.63) is 21.9 Å². The van der Waals surface area contributed by atoms with Crippen LogP contribution in [0, 0.1) is 0 Å². The highest BCUT2D eigenvalue weighted by molar-refractivity contribution is 7.99. The molecule has 0 spiro atoms. The van der Waals surface area contributed by atoms with E-state index in [2.05, 4.69) is 20.2 Å². The summed E-state index contributed by atoms with van der Waals surface area (Å²) in [7, 11) is 0. The molecule has 0 aliphatic heterocycles. The van der Waals surface area contributed by atoms with E-state index in [1.165, 1.54) is 23.1 Å². The zero-order chi connectivity index (χ0) is 14.3. The third-order valence-corrected chi connectivity index (χ3v) is 4.47. The Morgan fingerprint density at radius 1 is 1.45 bits per heavy atom. The van der Waals surface area contributed by atoms with E-state index in [4.69, 9.17) is 5.73 Å². The molecule has 0 fully saturated rings. The first-order valence-corrected chi connectivity index (χ1v) is 7.61. The van der Waals surface area contributed by atoms with Crippen LogP contribution < -0.4 is 11.4 Å². The van der Waals surface area contributed by atoms with E-state index in [1.54, 1.807) is 4.57 Å². The summed E-state index contributed by atoms with van der Waals surface area (Å²) in [5.74, 6) is 0.219. The third kappa shape index (κ3) is 2.18. The fraction of sp³-hybridized carbons (Fsp3) is 0.273. The second kappa shape index (κ2) is 4.91. The highest BCUT2D eigenvalue weighted by Gasteiger charge is 2.16. The molecule has 0 aliphatic carbocycles. The normalized spacial score (nSPS) is 11.6. The molecule has 20 heavy (non-hydrogen) atoms. The second-order valence-electron chi connectivity index (χ2n) is 4.40. The fourth-order valence-corrected chi connectivity index (χ4v) is 3.73. The summed E-state index contributed by atoms with van der Waals surface area (Å²) in [6, 6.07) is 1.95. The van der Waals surface area contributed by atoms with Crippen molar-refractivity contribution in [2.75, 3.05) is 5.73 Å². The third-order valence-electron chi connectivity index (χ3n) is 2.68. The molecule has 0 saturated carbocycles. The van der Waals surface area contributed by atoms with Gasteiger partial charge in [-0.15, -0.1) is 16.4 Å². The number of nitrogens with two attached hydrogens (primary N) is 1. The molecule has 0 saturated heterocycles. The van der Waals surface area contributed by atoms with Gasteiger partial charge in [0.1, 0.15) is 9.86 Å². The number of nitrogen functional groups attached to an aromatic ring is 1. The lowest BCUT2D eigenvalue weighted by Crippen LogP contribution is -2.19. The summed E-state index contributed by atoms with van der Waals surface area (Å²) in [6.07, 6.45) is 0. The summed E-state index contributed by atoms with van der Waals surface area (Å²) < 4.78 is 1.58. The molecule has 0 bridgehead atoms. The molecule has 0 aromatic carbocycles. The van der Waals surface area contributed by atoms with Crippen molar-refractivity contribution in [1.82, 2.24) is 24.7 Å². The molecule has 0 aliphatic rings. The topological polar surface area (TPSA) is 102 Å². The van der Waals surface area contributed by atoms with E-state index in [0.29, 0.717) is 10.2 Å². The molecule has 3 rings (SSSR count). The van der Waals surface area contributed by atoms with Crippen molar-refractivity contribution in [1.29, 1.82) is 0 Å². The summed E-state index contributed by atoms with van der Waals surface area (Å²) in [4.78, 5) is 21.0. The predicted octanol–water partition coefficient (Wildman–Crippen LogP) is 1.89. The van der Waals surface area contributed by atoms with Gasteiger partial charge in [-0.3, -0.25) is 4.57 Å². The molecule has 3 N–H and O–H groups in total. The summed E-state index contributed by atoms with van der Waals surface area (Å²) in [6.45, 7) is 3.85. The van der Waals surface area contributed by atoms with Gasteiger partial charge in [-0.2, -0.15) is 0 Å². The molecule has 104 valence electrons. The monoisotopic (exact) mass is 308 g/mol. The maximum absolute atomic E-state index is 11.7. The van der Waals surface area contributed by atoms with Crippen LogP contribution in [0.15, 0.2) is 26.4 Å². The molecular formula is C11H12N6OS2. The Morgan fingerprint density at radius 2 is 2.25 bits per heavy atom. The van der Waals surface area contributed by atoms with Crippen molar-refractivity contribution in [2.45, 2.75) is 30.1 Å². The minimum Gasteiger partial charge on any atom is -0.368 e. The summed E-state index contributed by atoms with van der Waals surface area (Å²) in [5, 5.41) is 10.6. The maximum Gasteiger partial charge on any atom is 0.344 e. The van der Waals surface area contributed by atoms with Crippen molar-refractivity contribution in [3.63, 3.8) is 0 Å². The minimum absolute atomic E-state index is 0.0147. The van der Waals surface area contributed by atoms with E-state index in [0.717, 1.165) is 10.2 Å². The van der Waals surface area contributed by atoms with Gasteiger partial charge in [0.25, 0.3) is 0 Å². The number of nitrogens with zero attached hydrogens (tertiary/aromatic N) is 4. The molecule has 0 unspecified atom stereocenters. The summed E-state index contributed by atoms with van der Waals surface area (Å²) in [5.41, 5.74) is 5.48. The van der Waals surface area contributed by atoms with E-state index >= 15 is 0 Å². The van der Waals surface area contributed by atoms with E-state index in [1.807, 2.05) is 25.3 Å². The number of anilines is 1. The number of H-pyrrole nitrogens is 1. The lowest BCUT2D eigenvalue weighted by molar-refractivity contribution is 0.534.